The summed E-state index contributed by atoms with van der Waals surface area (Å²) in [6.45, 7) is 3.58. The summed E-state index contributed by atoms with van der Waals surface area (Å²) in [6.07, 6.45) is 3.01. The normalized spacial score (nSPS) is 10.4. The molecule has 0 radical (unpaired) electrons. The van der Waals surface area contributed by atoms with Crippen LogP contribution < -0.4 is 0 Å². The first-order valence-corrected chi connectivity index (χ1v) is 2.82. The molecular formula is C6H5N3O. The van der Waals surface area contributed by atoms with Gasteiger partial charge < -0.3 is 4.42 Å². The SMILES string of the molecule is C=Cc1[nH]nc2ocnc12. The van der Waals surface area contributed by atoms with Gasteiger partial charge in [0.05, 0.1) is 5.69 Å². The Hall–Kier alpha value is -1.58. The number of hydrogen-bond acceptors (Lipinski definition) is 3. The van der Waals surface area contributed by atoms with Gasteiger partial charge in [0.15, 0.2) is 11.9 Å². The lowest BCUT2D eigenvalue weighted by Gasteiger charge is -1.76. The van der Waals surface area contributed by atoms with Crippen LogP contribution in [0.3, 0.4) is 0 Å². The van der Waals surface area contributed by atoms with E-state index in [1.807, 2.05) is 0 Å². The predicted molar refractivity (Wildman–Crippen MR) is 36.2 cm³/mol. The van der Waals surface area contributed by atoms with Crippen LogP contribution in [-0.2, 0) is 0 Å². The van der Waals surface area contributed by atoms with Crippen LogP contribution in [0.4, 0.5) is 0 Å². The van der Waals surface area contributed by atoms with Crippen LogP contribution >= 0.6 is 0 Å². The smallest absolute Gasteiger partial charge is 0.265 e. The summed E-state index contributed by atoms with van der Waals surface area (Å²) in [5.74, 6) is 0. The van der Waals surface area contributed by atoms with E-state index in [0.29, 0.717) is 5.71 Å². The number of nitrogens with zero attached hydrogens (tertiary/aromatic N) is 2. The van der Waals surface area contributed by atoms with E-state index in [1.54, 1.807) is 6.08 Å². The average molecular weight is 135 g/mol. The third-order valence-electron chi connectivity index (χ3n) is 1.29. The summed E-state index contributed by atoms with van der Waals surface area (Å²) >= 11 is 0. The summed E-state index contributed by atoms with van der Waals surface area (Å²) in [5.41, 5.74) is 2.05. The van der Waals surface area contributed by atoms with Crippen molar-refractivity contribution in [1.82, 2.24) is 15.2 Å². The molecule has 4 nitrogen and oxygen atoms in total. The summed E-state index contributed by atoms with van der Waals surface area (Å²) < 4.78 is 4.90. The lowest BCUT2D eigenvalue weighted by molar-refractivity contribution is 0.586. The van der Waals surface area contributed by atoms with Gasteiger partial charge in [0.25, 0.3) is 5.71 Å². The van der Waals surface area contributed by atoms with Gasteiger partial charge in [0.1, 0.15) is 0 Å². The number of fused-ring (bicyclic) bond motifs is 1. The molecule has 2 aromatic rings. The molecule has 0 unspecified atom stereocenters. The topological polar surface area (TPSA) is 54.7 Å². The van der Waals surface area contributed by atoms with Crippen LogP contribution in [0.1, 0.15) is 5.69 Å². The number of nitrogens with one attached hydrogen (secondary N) is 1. The van der Waals surface area contributed by atoms with Crippen LogP contribution in [0.2, 0.25) is 0 Å². The minimum Gasteiger partial charge on any atom is -0.424 e. The molecule has 2 heterocycles. The fraction of sp³-hybridized carbons (Fsp3) is 0. The molecule has 0 bridgehead atoms. The van der Waals surface area contributed by atoms with E-state index in [-0.39, 0.29) is 0 Å². The summed E-state index contributed by atoms with van der Waals surface area (Å²) in [7, 11) is 0. The van der Waals surface area contributed by atoms with Gasteiger partial charge in [-0.05, 0) is 6.08 Å². The number of hydrogen-bond donors (Lipinski definition) is 1. The summed E-state index contributed by atoms with van der Waals surface area (Å²) in [6, 6.07) is 0. The second kappa shape index (κ2) is 1.70. The number of oxazole rings is 1. The molecule has 0 spiro atoms. The van der Waals surface area contributed by atoms with Crippen molar-refractivity contribution in [3.05, 3.63) is 18.7 Å². The minimum absolute atomic E-state index is 0.523. The van der Waals surface area contributed by atoms with Crippen LogP contribution in [0.15, 0.2) is 17.4 Å². The van der Waals surface area contributed by atoms with Crippen molar-refractivity contribution in [2.45, 2.75) is 0 Å². The molecule has 0 fully saturated rings. The van der Waals surface area contributed by atoms with Gasteiger partial charge in [-0.3, -0.25) is 5.10 Å². The van der Waals surface area contributed by atoms with Gasteiger partial charge in [0.2, 0.25) is 0 Å². The lowest BCUT2D eigenvalue weighted by Crippen LogP contribution is -1.71. The van der Waals surface area contributed by atoms with Crippen molar-refractivity contribution in [3.63, 3.8) is 0 Å². The highest BCUT2D eigenvalue weighted by molar-refractivity contribution is 5.77. The third-order valence-corrected chi connectivity index (χ3v) is 1.29. The van der Waals surface area contributed by atoms with Crippen LogP contribution in [-0.4, -0.2) is 15.2 Å². The second-order valence-electron chi connectivity index (χ2n) is 1.85. The highest BCUT2D eigenvalue weighted by atomic mass is 16.3. The first-order valence-electron chi connectivity index (χ1n) is 2.82. The number of aromatic amines is 1. The standard InChI is InChI=1S/C6H5N3O/c1-2-4-5-6(9-8-4)10-3-7-5/h2-3H,1H2,(H,8,9). The van der Waals surface area contributed by atoms with E-state index in [4.69, 9.17) is 4.42 Å². The maximum atomic E-state index is 4.90. The molecule has 4 heteroatoms. The Labute approximate surface area is 56.6 Å². The Kier molecular flexibility index (Phi) is 0.887. The molecule has 1 N–H and O–H groups in total. The van der Waals surface area contributed by atoms with Crippen LogP contribution in [0.25, 0.3) is 17.3 Å². The zero-order valence-corrected chi connectivity index (χ0v) is 5.16. The Morgan fingerprint density at radius 2 is 2.60 bits per heavy atom. The maximum Gasteiger partial charge on any atom is 0.265 e. The average Bonchev–Trinajstić information content (AvgIpc) is 2.44. The zero-order chi connectivity index (χ0) is 6.97. The fourth-order valence-corrected chi connectivity index (χ4v) is 0.810. The Balaban J connectivity index is 2.88. The number of rotatable bonds is 1. The number of H-pyrrole nitrogens is 1. The molecule has 0 amide bonds. The highest BCUT2D eigenvalue weighted by Gasteiger charge is 2.04. The first-order chi connectivity index (χ1) is 4.92. The Morgan fingerprint density at radius 3 is 3.40 bits per heavy atom. The molecule has 0 saturated carbocycles. The van der Waals surface area contributed by atoms with E-state index in [0.717, 1.165) is 11.2 Å². The van der Waals surface area contributed by atoms with Gasteiger partial charge in [-0.25, -0.2) is 4.98 Å². The first kappa shape index (κ1) is 5.22. The van der Waals surface area contributed by atoms with Gasteiger partial charge in [-0.1, -0.05) is 6.58 Å². The van der Waals surface area contributed by atoms with Gasteiger partial charge >= 0.3 is 0 Å². The molecule has 0 aliphatic carbocycles. The van der Waals surface area contributed by atoms with Crippen molar-refractivity contribution in [2.75, 3.05) is 0 Å². The number of aromatic nitrogens is 3. The van der Waals surface area contributed by atoms with Crippen molar-refractivity contribution in [2.24, 2.45) is 0 Å². The highest BCUT2D eigenvalue weighted by Crippen LogP contribution is 2.12. The van der Waals surface area contributed by atoms with E-state index in [9.17, 15) is 0 Å². The van der Waals surface area contributed by atoms with E-state index < -0.39 is 0 Å². The molecule has 0 aliphatic rings. The molecule has 0 saturated heterocycles. The molecule has 2 aromatic heterocycles. The molecule has 0 aliphatic heterocycles. The predicted octanol–water partition coefficient (Wildman–Crippen LogP) is 1.19. The largest absolute Gasteiger partial charge is 0.424 e. The maximum absolute atomic E-state index is 4.90. The molecule has 0 aromatic carbocycles. The molecular weight excluding hydrogens is 130 g/mol. The Morgan fingerprint density at radius 1 is 1.70 bits per heavy atom. The molecule has 2 rings (SSSR count). The monoisotopic (exact) mass is 135 g/mol. The van der Waals surface area contributed by atoms with Crippen molar-refractivity contribution < 1.29 is 4.42 Å². The van der Waals surface area contributed by atoms with Crippen LogP contribution in [0.5, 0.6) is 0 Å². The van der Waals surface area contributed by atoms with E-state index in [1.165, 1.54) is 6.39 Å². The lowest BCUT2D eigenvalue weighted by atomic mass is 10.4. The minimum atomic E-state index is 0.523. The quantitative estimate of drug-likeness (QED) is 0.639. The van der Waals surface area contributed by atoms with Crippen molar-refractivity contribution >= 4 is 17.3 Å². The van der Waals surface area contributed by atoms with Gasteiger partial charge in [0, 0.05) is 0 Å². The second-order valence-corrected chi connectivity index (χ2v) is 1.85. The van der Waals surface area contributed by atoms with Crippen molar-refractivity contribution in [1.29, 1.82) is 0 Å². The molecule has 10 heavy (non-hydrogen) atoms. The molecule has 0 atom stereocenters. The fourth-order valence-electron chi connectivity index (χ4n) is 0.810. The van der Waals surface area contributed by atoms with Gasteiger partial charge in [-0.15, -0.1) is 5.10 Å². The summed E-state index contributed by atoms with van der Waals surface area (Å²) in [4.78, 5) is 3.92. The van der Waals surface area contributed by atoms with Crippen LogP contribution in [0, 0.1) is 0 Å². The third kappa shape index (κ3) is 0.500. The van der Waals surface area contributed by atoms with E-state index >= 15 is 0 Å². The zero-order valence-electron chi connectivity index (χ0n) is 5.16. The van der Waals surface area contributed by atoms with Gasteiger partial charge in [-0.2, -0.15) is 0 Å². The van der Waals surface area contributed by atoms with E-state index in [2.05, 4.69) is 21.8 Å². The Bertz CT molecular complexity index is 360. The summed E-state index contributed by atoms with van der Waals surface area (Å²) in [5, 5.41) is 6.54. The van der Waals surface area contributed by atoms with Crippen molar-refractivity contribution in [3.8, 4) is 0 Å². The molecule has 50 valence electrons.